The molecule has 72 heavy (non-hydrogen) atoms. The number of hydrogen-bond acceptors (Lipinski definition) is 4. The number of hydrogen-bond donors (Lipinski definition) is 0. The highest BCUT2D eigenvalue weighted by Gasteiger charge is 2.65. The topological polar surface area (TPSA) is 32.3 Å². The molecule has 14 rings (SSSR count). The van der Waals surface area contributed by atoms with Crippen molar-refractivity contribution in [3.8, 4) is 22.5 Å². The molecule has 2 aliphatic rings. The van der Waals surface area contributed by atoms with Crippen molar-refractivity contribution in [2.24, 2.45) is 0 Å². The first-order valence-corrected chi connectivity index (χ1v) is 24.7. The number of rotatable bonds is 9. The van der Waals surface area contributed by atoms with Crippen LogP contribution >= 0.6 is 0 Å². The molecular weight excluding hydrogens is 873 g/mol. The summed E-state index contributed by atoms with van der Waals surface area (Å²) in [7, 11) is 0. The van der Waals surface area contributed by atoms with Crippen LogP contribution in [0.2, 0.25) is 0 Å². The molecule has 0 N–H and O–H groups in total. The normalized spacial score (nSPS) is 16.2. The van der Waals surface area contributed by atoms with Crippen molar-refractivity contribution in [3.63, 3.8) is 0 Å². The first kappa shape index (κ1) is 41.6. The third kappa shape index (κ3) is 5.87. The minimum atomic E-state index is -0.959. The number of nitrogens with zero attached hydrogens (tertiary/aromatic N) is 4. The summed E-state index contributed by atoms with van der Waals surface area (Å²) < 4.78 is 0. The molecule has 2 unspecified atom stereocenters. The Kier molecular flexibility index (Phi) is 9.62. The molecule has 0 fully saturated rings. The first-order chi connectivity index (χ1) is 35.8. The SMILES string of the molecule is c1ccc(N(c2ccccc2)c2cc3c(c4ccccc24)-c2ncccc2C3(c2ccccc2)C2(c3ccccc3)c3cccnc3-c3c2cc(N(c2ccccc2)c2ccccc2)c2ccccc32)cc1. The predicted molar refractivity (Wildman–Crippen MR) is 296 cm³/mol. The summed E-state index contributed by atoms with van der Waals surface area (Å²) in [6, 6.07) is 97.7. The highest BCUT2D eigenvalue weighted by molar-refractivity contribution is 6.13. The van der Waals surface area contributed by atoms with Gasteiger partial charge in [0.05, 0.1) is 33.6 Å². The number of para-hydroxylation sites is 4. The standard InChI is InChI=1S/C68H46N4/c1-7-25-47(26-8-1)67(57-41-23-43-69-65(57)63-55-39-21-19-37-53(55)61(45-59(63)67)71(49-29-11-3-12-30-49)50-31-13-4-14-32-50)68(48-27-9-2-10-28-48)58-42-24-44-70-66(58)64-56-40-22-20-38-54(56)62(46-60(64)68)72(51-33-15-5-16-34-51)52-35-17-6-18-36-52/h1-46H. The highest BCUT2D eigenvalue weighted by Crippen LogP contribution is 2.71. The van der Waals surface area contributed by atoms with Gasteiger partial charge >= 0.3 is 0 Å². The van der Waals surface area contributed by atoms with Gasteiger partial charge in [-0.25, -0.2) is 0 Å². The molecule has 10 aromatic carbocycles. The Morgan fingerprint density at radius 3 is 0.889 bits per heavy atom. The molecule has 0 saturated carbocycles. The van der Waals surface area contributed by atoms with Crippen molar-refractivity contribution in [1.82, 2.24) is 9.97 Å². The Morgan fingerprint density at radius 1 is 0.264 bits per heavy atom. The maximum Gasteiger partial charge on any atom is 0.0756 e. The van der Waals surface area contributed by atoms with Crippen molar-refractivity contribution in [3.05, 3.63) is 313 Å². The van der Waals surface area contributed by atoms with Gasteiger partial charge in [-0.05, 0) is 117 Å². The summed E-state index contributed by atoms with van der Waals surface area (Å²) >= 11 is 0. The minimum absolute atomic E-state index is 0.959. The van der Waals surface area contributed by atoms with Crippen LogP contribution in [0.15, 0.2) is 279 Å². The van der Waals surface area contributed by atoms with E-state index < -0.39 is 10.8 Å². The smallest absolute Gasteiger partial charge is 0.0756 e. The summed E-state index contributed by atoms with van der Waals surface area (Å²) in [4.78, 5) is 15.9. The Morgan fingerprint density at radius 2 is 0.556 bits per heavy atom. The zero-order valence-corrected chi connectivity index (χ0v) is 39.3. The second kappa shape index (κ2) is 16.6. The molecule has 2 heterocycles. The lowest BCUT2D eigenvalue weighted by atomic mass is 9.49. The molecule has 4 heteroatoms. The maximum atomic E-state index is 5.51. The average Bonchev–Trinajstić information content (AvgIpc) is 3.95. The van der Waals surface area contributed by atoms with E-state index in [4.69, 9.17) is 9.97 Å². The van der Waals surface area contributed by atoms with E-state index in [1.54, 1.807) is 0 Å². The van der Waals surface area contributed by atoms with E-state index in [0.717, 1.165) is 100 Å². The fraction of sp³-hybridized carbons (Fsp3) is 0.0294. The molecule has 0 spiro atoms. The van der Waals surface area contributed by atoms with Crippen molar-refractivity contribution in [2.75, 3.05) is 9.80 Å². The van der Waals surface area contributed by atoms with Gasteiger partial charge in [-0.15, -0.1) is 0 Å². The van der Waals surface area contributed by atoms with E-state index in [-0.39, 0.29) is 0 Å². The molecule has 0 aliphatic heterocycles. The molecule has 12 aromatic rings. The van der Waals surface area contributed by atoms with Gasteiger partial charge in [-0.2, -0.15) is 0 Å². The van der Waals surface area contributed by atoms with Gasteiger partial charge in [0.15, 0.2) is 0 Å². The van der Waals surface area contributed by atoms with Gasteiger partial charge in [0.1, 0.15) is 0 Å². The fourth-order valence-corrected chi connectivity index (χ4v) is 12.7. The summed E-state index contributed by atoms with van der Waals surface area (Å²) in [5.74, 6) is 0. The molecular formula is C68H46N4. The molecule has 2 aliphatic carbocycles. The number of anilines is 6. The summed E-state index contributed by atoms with van der Waals surface area (Å²) in [6.45, 7) is 0. The van der Waals surface area contributed by atoms with Crippen LogP contribution in [-0.4, -0.2) is 9.97 Å². The Balaban J connectivity index is 1.22. The van der Waals surface area contributed by atoms with E-state index in [2.05, 4.69) is 277 Å². The van der Waals surface area contributed by atoms with Crippen molar-refractivity contribution >= 4 is 55.7 Å². The maximum absolute atomic E-state index is 5.51. The monoisotopic (exact) mass is 918 g/mol. The zero-order valence-electron chi connectivity index (χ0n) is 39.3. The van der Waals surface area contributed by atoms with Gasteiger partial charge in [0.25, 0.3) is 0 Å². The number of fused-ring (bicyclic) bond motifs is 10. The molecule has 0 amide bonds. The van der Waals surface area contributed by atoms with Crippen LogP contribution in [0.1, 0.15) is 33.4 Å². The molecule has 338 valence electrons. The highest BCUT2D eigenvalue weighted by atomic mass is 15.2. The second-order valence-corrected chi connectivity index (χ2v) is 18.8. The third-order valence-corrected chi connectivity index (χ3v) is 15.3. The lowest BCUT2D eigenvalue weighted by Crippen LogP contribution is -2.50. The van der Waals surface area contributed by atoms with Gasteiger partial charge in [0.2, 0.25) is 0 Å². The molecule has 0 saturated heterocycles. The quantitative estimate of drug-likeness (QED) is 0.144. The van der Waals surface area contributed by atoms with Crippen LogP contribution in [0.4, 0.5) is 34.1 Å². The average molecular weight is 919 g/mol. The van der Waals surface area contributed by atoms with Crippen molar-refractivity contribution < 1.29 is 0 Å². The van der Waals surface area contributed by atoms with Crippen molar-refractivity contribution in [2.45, 2.75) is 10.8 Å². The lowest BCUT2D eigenvalue weighted by Gasteiger charge is -2.50. The van der Waals surface area contributed by atoms with Gasteiger partial charge < -0.3 is 9.80 Å². The second-order valence-electron chi connectivity index (χ2n) is 18.8. The number of aromatic nitrogens is 2. The van der Waals surface area contributed by atoms with Gasteiger partial charge in [-0.1, -0.05) is 194 Å². The molecule has 2 aromatic heterocycles. The Labute approximate surface area is 419 Å². The van der Waals surface area contributed by atoms with Gasteiger partial charge in [0, 0.05) is 57.0 Å². The molecule has 0 radical (unpaired) electrons. The summed E-state index contributed by atoms with van der Waals surface area (Å²) in [5.41, 5.74) is 15.8. The largest absolute Gasteiger partial charge is 0.310 e. The Hall–Kier alpha value is -9.38. The number of pyridine rings is 2. The van der Waals surface area contributed by atoms with Crippen LogP contribution in [0.3, 0.4) is 0 Å². The predicted octanol–water partition coefficient (Wildman–Crippen LogP) is 17.1. The Bertz CT molecular complexity index is 3640. The van der Waals surface area contributed by atoms with E-state index in [1.807, 2.05) is 12.4 Å². The first-order valence-electron chi connectivity index (χ1n) is 24.7. The van der Waals surface area contributed by atoms with Crippen LogP contribution in [-0.2, 0) is 10.8 Å². The summed E-state index contributed by atoms with van der Waals surface area (Å²) in [6.07, 6.45) is 3.95. The summed E-state index contributed by atoms with van der Waals surface area (Å²) in [5, 5.41) is 4.57. The molecule has 2 atom stereocenters. The van der Waals surface area contributed by atoms with Gasteiger partial charge in [-0.3, -0.25) is 9.97 Å². The third-order valence-electron chi connectivity index (χ3n) is 15.3. The molecule has 0 bridgehead atoms. The molecule has 4 nitrogen and oxygen atoms in total. The van der Waals surface area contributed by atoms with Crippen LogP contribution in [0, 0.1) is 0 Å². The van der Waals surface area contributed by atoms with Crippen LogP contribution in [0.5, 0.6) is 0 Å². The van der Waals surface area contributed by atoms with E-state index >= 15 is 0 Å². The van der Waals surface area contributed by atoms with E-state index in [9.17, 15) is 0 Å². The minimum Gasteiger partial charge on any atom is -0.310 e. The van der Waals surface area contributed by atoms with Crippen LogP contribution in [0.25, 0.3) is 44.1 Å². The van der Waals surface area contributed by atoms with Crippen LogP contribution < -0.4 is 9.80 Å². The number of benzene rings is 10. The van der Waals surface area contributed by atoms with E-state index in [0.29, 0.717) is 0 Å². The van der Waals surface area contributed by atoms with E-state index in [1.165, 1.54) is 11.1 Å². The van der Waals surface area contributed by atoms with Crippen molar-refractivity contribution in [1.29, 1.82) is 0 Å². The zero-order chi connectivity index (χ0) is 47.6. The fourth-order valence-electron chi connectivity index (χ4n) is 12.7. The lowest BCUT2D eigenvalue weighted by molar-refractivity contribution is 0.437.